The highest BCUT2D eigenvalue weighted by molar-refractivity contribution is 7.90. The minimum absolute atomic E-state index is 0.0638. The minimum Gasteiger partial charge on any atom is -0.484 e. The lowest BCUT2D eigenvalue weighted by atomic mass is 10.3. The zero-order valence-electron chi connectivity index (χ0n) is 14.0. The fraction of sp³-hybridized carbons (Fsp3) is 0.222. The lowest BCUT2D eigenvalue weighted by Gasteiger charge is -2.10. The van der Waals surface area contributed by atoms with Gasteiger partial charge in [0.2, 0.25) is 0 Å². The Morgan fingerprint density at radius 1 is 1.12 bits per heavy atom. The third-order valence-corrected chi connectivity index (χ3v) is 5.05. The number of aliphatic imine (C=N–C) groups is 1. The van der Waals surface area contributed by atoms with Gasteiger partial charge in [0.25, 0.3) is 15.9 Å². The highest BCUT2D eigenvalue weighted by Crippen LogP contribution is 2.16. The fourth-order valence-electron chi connectivity index (χ4n) is 2.44. The molecule has 7 nitrogen and oxygen atoms in total. The van der Waals surface area contributed by atoms with Crippen LogP contribution in [0.15, 0.2) is 64.5 Å². The van der Waals surface area contributed by atoms with Crippen LogP contribution in [0.3, 0.4) is 0 Å². The number of anilines is 1. The van der Waals surface area contributed by atoms with Crippen LogP contribution in [0.1, 0.15) is 12.8 Å². The summed E-state index contributed by atoms with van der Waals surface area (Å²) in [6.45, 7) is 0.464. The lowest BCUT2D eigenvalue weighted by molar-refractivity contribution is -0.118. The molecule has 0 spiro atoms. The van der Waals surface area contributed by atoms with Crippen LogP contribution in [0.5, 0.6) is 5.75 Å². The molecule has 0 radical (unpaired) electrons. The fourth-order valence-corrected chi connectivity index (χ4v) is 3.58. The molecule has 2 aromatic carbocycles. The maximum absolute atomic E-state index is 12.4. The Kier molecular flexibility index (Phi) is 5.52. The van der Waals surface area contributed by atoms with E-state index < -0.39 is 10.0 Å². The van der Waals surface area contributed by atoms with E-state index in [1.54, 1.807) is 24.3 Å². The van der Waals surface area contributed by atoms with E-state index in [0.717, 1.165) is 6.42 Å². The van der Waals surface area contributed by atoms with E-state index in [1.807, 2.05) is 18.2 Å². The molecule has 136 valence electrons. The average Bonchev–Trinajstić information content (AvgIpc) is 3.13. The minimum atomic E-state index is -3.72. The summed E-state index contributed by atoms with van der Waals surface area (Å²) in [5, 5.41) is 2.63. The highest BCUT2D eigenvalue weighted by Gasteiger charge is 2.18. The Labute approximate surface area is 152 Å². The van der Waals surface area contributed by atoms with Gasteiger partial charge in [0.1, 0.15) is 11.6 Å². The number of hydrogen-bond acceptors (Lipinski definition) is 5. The summed E-state index contributed by atoms with van der Waals surface area (Å²) in [5.41, 5.74) is 0.378. The average molecular weight is 373 g/mol. The van der Waals surface area contributed by atoms with Crippen molar-refractivity contribution in [2.24, 2.45) is 4.99 Å². The van der Waals surface area contributed by atoms with E-state index in [2.05, 4.69) is 15.0 Å². The predicted molar refractivity (Wildman–Crippen MR) is 98.9 cm³/mol. The number of benzene rings is 2. The lowest BCUT2D eigenvalue weighted by Crippen LogP contribution is -2.29. The molecule has 0 atom stereocenters. The molecular weight excluding hydrogens is 354 g/mol. The Morgan fingerprint density at radius 3 is 2.65 bits per heavy atom. The molecule has 3 rings (SSSR count). The zero-order chi connectivity index (χ0) is 18.4. The first-order valence-corrected chi connectivity index (χ1v) is 9.65. The molecule has 0 unspecified atom stereocenters. The van der Waals surface area contributed by atoms with Crippen molar-refractivity contribution < 1.29 is 17.9 Å². The van der Waals surface area contributed by atoms with Crippen LogP contribution in [0.25, 0.3) is 0 Å². The Balaban J connectivity index is 1.62. The molecule has 0 fully saturated rings. The van der Waals surface area contributed by atoms with Gasteiger partial charge in [0, 0.05) is 18.7 Å². The molecule has 1 amide bonds. The van der Waals surface area contributed by atoms with Crippen molar-refractivity contribution in [1.82, 2.24) is 4.72 Å². The van der Waals surface area contributed by atoms with Crippen LogP contribution in [-0.4, -0.2) is 33.3 Å². The van der Waals surface area contributed by atoms with Crippen molar-refractivity contribution in [3.63, 3.8) is 0 Å². The normalized spacial score (nSPS) is 13.8. The molecule has 2 aromatic rings. The largest absolute Gasteiger partial charge is 0.484 e. The molecule has 0 aromatic heterocycles. The first kappa shape index (κ1) is 17.9. The standard InChI is InChI=1S/C18H19N3O4S/c22-18(13-25-15-7-2-1-3-8-15)20-14-6-4-9-16(12-14)26(23,24)21-17-10-5-11-19-17/h1-4,6-9,12H,5,10-11,13H2,(H,19,21)(H,20,22). The summed E-state index contributed by atoms with van der Waals surface area (Å²) in [5.74, 6) is 0.674. The molecule has 0 bridgehead atoms. The van der Waals surface area contributed by atoms with Crippen molar-refractivity contribution in [3.05, 3.63) is 54.6 Å². The van der Waals surface area contributed by atoms with Gasteiger partial charge in [-0.15, -0.1) is 0 Å². The van der Waals surface area contributed by atoms with E-state index in [1.165, 1.54) is 12.1 Å². The second-order valence-corrected chi connectivity index (χ2v) is 7.40. The maximum Gasteiger partial charge on any atom is 0.262 e. The highest BCUT2D eigenvalue weighted by atomic mass is 32.2. The number of nitrogens with zero attached hydrogens (tertiary/aromatic N) is 1. The number of rotatable bonds is 6. The van der Waals surface area contributed by atoms with E-state index in [0.29, 0.717) is 30.2 Å². The molecule has 0 aliphatic carbocycles. The van der Waals surface area contributed by atoms with Crippen molar-refractivity contribution in [2.75, 3.05) is 18.5 Å². The van der Waals surface area contributed by atoms with E-state index in [4.69, 9.17) is 4.74 Å². The maximum atomic E-state index is 12.4. The third-order valence-electron chi connectivity index (χ3n) is 3.67. The van der Waals surface area contributed by atoms with Gasteiger partial charge in [-0.05, 0) is 36.8 Å². The number of ether oxygens (including phenoxy) is 1. The van der Waals surface area contributed by atoms with Crippen molar-refractivity contribution in [3.8, 4) is 5.75 Å². The smallest absolute Gasteiger partial charge is 0.262 e. The Morgan fingerprint density at radius 2 is 1.92 bits per heavy atom. The molecule has 1 heterocycles. The number of para-hydroxylation sites is 1. The summed E-state index contributed by atoms with van der Waals surface area (Å²) in [6, 6.07) is 15.0. The van der Waals surface area contributed by atoms with Gasteiger partial charge in [-0.3, -0.25) is 14.5 Å². The van der Waals surface area contributed by atoms with Gasteiger partial charge in [0.15, 0.2) is 6.61 Å². The molecule has 0 saturated heterocycles. The number of hydrogen-bond donors (Lipinski definition) is 2. The molecule has 0 saturated carbocycles. The first-order chi connectivity index (χ1) is 12.5. The molecule has 8 heteroatoms. The molecular formula is C18H19N3O4S. The Bertz CT molecular complexity index is 911. The number of amidine groups is 1. The van der Waals surface area contributed by atoms with Gasteiger partial charge in [0.05, 0.1) is 4.90 Å². The van der Waals surface area contributed by atoms with Crippen LogP contribution in [0.2, 0.25) is 0 Å². The first-order valence-electron chi connectivity index (χ1n) is 8.17. The number of amides is 1. The van der Waals surface area contributed by atoms with Crippen molar-refractivity contribution in [1.29, 1.82) is 0 Å². The van der Waals surface area contributed by atoms with Crippen molar-refractivity contribution >= 4 is 27.5 Å². The second kappa shape index (κ2) is 8.01. The molecule has 1 aliphatic rings. The number of carbonyl (C=O) groups excluding carboxylic acids is 1. The van der Waals surface area contributed by atoms with Gasteiger partial charge < -0.3 is 10.1 Å². The summed E-state index contributed by atoms with van der Waals surface area (Å²) in [4.78, 5) is 16.2. The van der Waals surface area contributed by atoms with Crippen LogP contribution in [-0.2, 0) is 14.8 Å². The number of carbonyl (C=O) groups is 1. The van der Waals surface area contributed by atoms with Crippen LogP contribution in [0.4, 0.5) is 5.69 Å². The van der Waals surface area contributed by atoms with E-state index >= 15 is 0 Å². The van der Waals surface area contributed by atoms with Crippen LogP contribution in [0, 0.1) is 0 Å². The monoisotopic (exact) mass is 373 g/mol. The van der Waals surface area contributed by atoms with Crippen LogP contribution >= 0.6 is 0 Å². The zero-order valence-corrected chi connectivity index (χ0v) is 14.8. The third kappa shape index (κ3) is 4.82. The number of sulfonamides is 1. The van der Waals surface area contributed by atoms with Crippen LogP contribution < -0.4 is 14.8 Å². The van der Waals surface area contributed by atoms with Gasteiger partial charge in [-0.1, -0.05) is 24.3 Å². The second-order valence-electron chi connectivity index (χ2n) is 5.72. The van der Waals surface area contributed by atoms with E-state index in [-0.39, 0.29) is 17.4 Å². The molecule has 1 aliphatic heterocycles. The Hall–Kier alpha value is -2.87. The molecule has 26 heavy (non-hydrogen) atoms. The predicted octanol–water partition coefficient (Wildman–Crippen LogP) is 2.17. The quantitative estimate of drug-likeness (QED) is 0.811. The SMILES string of the molecule is O=C(COc1ccccc1)Nc1cccc(S(=O)(=O)NC2=NCCC2)c1. The van der Waals surface area contributed by atoms with Crippen molar-refractivity contribution in [2.45, 2.75) is 17.7 Å². The summed E-state index contributed by atoms with van der Waals surface area (Å²) >= 11 is 0. The van der Waals surface area contributed by atoms with Gasteiger partial charge in [-0.2, -0.15) is 0 Å². The summed E-state index contributed by atoms with van der Waals surface area (Å²) in [6.07, 6.45) is 1.46. The topological polar surface area (TPSA) is 96.9 Å². The number of nitrogens with one attached hydrogen (secondary N) is 2. The summed E-state index contributed by atoms with van der Waals surface area (Å²) in [7, 11) is -3.72. The van der Waals surface area contributed by atoms with E-state index in [9.17, 15) is 13.2 Å². The van der Waals surface area contributed by atoms with Gasteiger partial charge >= 0.3 is 0 Å². The van der Waals surface area contributed by atoms with Gasteiger partial charge in [-0.25, -0.2) is 8.42 Å². The molecule has 2 N–H and O–H groups in total. The summed E-state index contributed by atoms with van der Waals surface area (Å²) < 4.78 is 32.7.